The third-order valence-electron chi connectivity index (χ3n) is 2.14. The van der Waals surface area contributed by atoms with Crippen LogP contribution in [0.25, 0.3) is 0 Å². The minimum Gasteiger partial charge on any atom is -0.369 e. The van der Waals surface area contributed by atoms with Crippen LogP contribution in [-0.2, 0) is 9.59 Å². The number of primary amides is 1. The van der Waals surface area contributed by atoms with Crippen LogP contribution in [0.5, 0.6) is 0 Å². The minimum absolute atomic E-state index is 0.186. The molecule has 86 valence electrons. The second kappa shape index (κ2) is 5.62. The first-order valence-corrected chi connectivity index (χ1v) is 5.32. The predicted molar refractivity (Wildman–Crippen MR) is 60.6 cm³/mol. The molecule has 0 aliphatic heterocycles. The van der Waals surface area contributed by atoms with Gasteiger partial charge in [-0.25, -0.2) is 5.48 Å². The summed E-state index contributed by atoms with van der Waals surface area (Å²) in [5, 5.41) is 8.42. The molecule has 0 aliphatic carbocycles. The predicted octanol–water partition coefficient (Wildman–Crippen LogP) is 0.914. The summed E-state index contributed by atoms with van der Waals surface area (Å²) in [7, 11) is 0. The Morgan fingerprint density at radius 1 is 1.44 bits per heavy atom. The number of rotatable bonds is 4. The molecule has 0 heterocycles. The molecule has 1 aromatic carbocycles. The third-order valence-corrected chi connectivity index (χ3v) is 2.86. The molecule has 16 heavy (non-hydrogen) atoms. The first-order chi connectivity index (χ1) is 7.56. The summed E-state index contributed by atoms with van der Waals surface area (Å²) in [5.41, 5.74) is 7.32. The van der Waals surface area contributed by atoms with Crippen molar-refractivity contribution in [1.82, 2.24) is 5.48 Å². The van der Waals surface area contributed by atoms with E-state index in [1.54, 1.807) is 24.3 Å². The lowest BCUT2D eigenvalue weighted by atomic mass is 9.95. The fraction of sp³-hybridized carbons (Fsp3) is 0.200. The van der Waals surface area contributed by atoms with Crippen molar-refractivity contribution < 1.29 is 14.8 Å². The zero-order chi connectivity index (χ0) is 12.1. The van der Waals surface area contributed by atoms with Crippen molar-refractivity contribution in [3.05, 3.63) is 34.3 Å². The van der Waals surface area contributed by atoms with E-state index in [2.05, 4.69) is 15.9 Å². The maximum atomic E-state index is 11.2. The Morgan fingerprint density at radius 2 is 2.06 bits per heavy atom. The Morgan fingerprint density at radius 3 is 2.56 bits per heavy atom. The first-order valence-electron chi connectivity index (χ1n) is 4.53. The van der Waals surface area contributed by atoms with Crippen molar-refractivity contribution in [3.63, 3.8) is 0 Å². The van der Waals surface area contributed by atoms with Gasteiger partial charge >= 0.3 is 0 Å². The van der Waals surface area contributed by atoms with E-state index in [0.717, 1.165) is 0 Å². The summed E-state index contributed by atoms with van der Waals surface area (Å²) < 4.78 is 0.699. The average molecular weight is 287 g/mol. The Kier molecular flexibility index (Phi) is 4.45. The third kappa shape index (κ3) is 3.04. The Labute approximate surface area is 101 Å². The standard InChI is InChI=1S/C10H11BrN2O3/c11-8-4-2-1-3-6(8)7(10(12)15)5-9(14)13-16/h1-4,7,16H,5H2,(H2,12,15)(H,13,14)/t7-/m1/s1. The highest BCUT2D eigenvalue weighted by Crippen LogP contribution is 2.27. The summed E-state index contributed by atoms with van der Waals surface area (Å²) in [6.45, 7) is 0. The number of nitrogens with two attached hydrogens (primary N) is 1. The lowest BCUT2D eigenvalue weighted by molar-refractivity contribution is -0.132. The smallest absolute Gasteiger partial charge is 0.244 e. The van der Waals surface area contributed by atoms with Crippen LogP contribution in [0.3, 0.4) is 0 Å². The van der Waals surface area contributed by atoms with Gasteiger partial charge in [0.2, 0.25) is 11.8 Å². The maximum absolute atomic E-state index is 11.2. The van der Waals surface area contributed by atoms with E-state index >= 15 is 0 Å². The quantitative estimate of drug-likeness (QED) is 0.567. The Balaban J connectivity index is 2.99. The van der Waals surface area contributed by atoms with Crippen LogP contribution in [0.4, 0.5) is 0 Å². The van der Waals surface area contributed by atoms with Gasteiger partial charge in [-0.05, 0) is 11.6 Å². The van der Waals surface area contributed by atoms with Crippen LogP contribution in [0.2, 0.25) is 0 Å². The van der Waals surface area contributed by atoms with Gasteiger partial charge in [0.25, 0.3) is 0 Å². The summed E-state index contributed by atoms with van der Waals surface area (Å²) >= 11 is 3.28. The number of carbonyl (C=O) groups is 2. The van der Waals surface area contributed by atoms with E-state index < -0.39 is 17.7 Å². The van der Waals surface area contributed by atoms with Crippen LogP contribution in [0.1, 0.15) is 17.9 Å². The number of hydrogen-bond donors (Lipinski definition) is 3. The van der Waals surface area contributed by atoms with E-state index in [4.69, 9.17) is 10.9 Å². The molecule has 0 saturated carbocycles. The molecule has 0 aliphatic rings. The lowest BCUT2D eigenvalue weighted by Crippen LogP contribution is -2.28. The largest absolute Gasteiger partial charge is 0.369 e. The van der Waals surface area contributed by atoms with Crippen molar-refractivity contribution in [2.24, 2.45) is 5.73 Å². The van der Waals surface area contributed by atoms with E-state index in [0.29, 0.717) is 10.0 Å². The van der Waals surface area contributed by atoms with E-state index in [9.17, 15) is 9.59 Å². The minimum atomic E-state index is -0.761. The van der Waals surface area contributed by atoms with Crippen LogP contribution >= 0.6 is 15.9 Å². The number of nitrogens with one attached hydrogen (secondary N) is 1. The van der Waals surface area contributed by atoms with Crippen molar-refractivity contribution in [2.75, 3.05) is 0 Å². The molecule has 1 aromatic rings. The summed E-state index contributed by atoms with van der Waals surface area (Å²) in [5.74, 6) is -2.03. The highest BCUT2D eigenvalue weighted by Gasteiger charge is 2.23. The van der Waals surface area contributed by atoms with E-state index in [1.165, 1.54) is 5.48 Å². The summed E-state index contributed by atoms with van der Waals surface area (Å²) in [6, 6.07) is 6.98. The fourth-order valence-electron chi connectivity index (χ4n) is 1.35. The molecule has 6 heteroatoms. The molecule has 4 N–H and O–H groups in total. The van der Waals surface area contributed by atoms with Gasteiger partial charge in [0, 0.05) is 10.9 Å². The molecule has 0 radical (unpaired) electrons. The number of amides is 2. The van der Waals surface area contributed by atoms with Gasteiger partial charge in [-0.3, -0.25) is 14.8 Å². The molecule has 1 rings (SSSR count). The van der Waals surface area contributed by atoms with Gasteiger partial charge in [0.15, 0.2) is 0 Å². The monoisotopic (exact) mass is 286 g/mol. The van der Waals surface area contributed by atoms with Crippen molar-refractivity contribution in [1.29, 1.82) is 0 Å². The molecule has 5 nitrogen and oxygen atoms in total. The second-order valence-corrected chi connectivity index (χ2v) is 4.07. The highest BCUT2D eigenvalue weighted by atomic mass is 79.9. The SMILES string of the molecule is NC(=O)[C@H](CC(=O)NO)c1ccccc1Br. The number of carbonyl (C=O) groups excluding carboxylic acids is 2. The molecule has 0 aromatic heterocycles. The fourth-order valence-corrected chi connectivity index (χ4v) is 1.91. The van der Waals surface area contributed by atoms with Crippen LogP contribution in [0, 0.1) is 0 Å². The zero-order valence-electron chi connectivity index (χ0n) is 8.31. The van der Waals surface area contributed by atoms with Crippen LogP contribution in [-0.4, -0.2) is 17.0 Å². The molecule has 0 bridgehead atoms. The summed E-state index contributed by atoms with van der Waals surface area (Å²) in [6.07, 6.45) is -0.186. The number of hydroxylamine groups is 1. The molecule has 1 atom stereocenters. The molecule has 0 saturated heterocycles. The normalized spacial score (nSPS) is 11.9. The zero-order valence-corrected chi connectivity index (χ0v) is 9.90. The van der Waals surface area contributed by atoms with Gasteiger partial charge < -0.3 is 5.73 Å². The highest BCUT2D eigenvalue weighted by molar-refractivity contribution is 9.10. The Hall–Kier alpha value is -1.40. The Bertz CT molecular complexity index is 409. The van der Waals surface area contributed by atoms with Crippen molar-refractivity contribution >= 4 is 27.7 Å². The molecular weight excluding hydrogens is 276 g/mol. The molecule has 0 spiro atoms. The molecule has 0 unspecified atom stereocenters. The van der Waals surface area contributed by atoms with Gasteiger partial charge in [-0.1, -0.05) is 34.1 Å². The maximum Gasteiger partial charge on any atom is 0.244 e. The van der Waals surface area contributed by atoms with E-state index in [1.807, 2.05) is 0 Å². The van der Waals surface area contributed by atoms with Gasteiger partial charge in [-0.15, -0.1) is 0 Å². The first kappa shape index (κ1) is 12.7. The summed E-state index contributed by atoms with van der Waals surface area (Å²) in [4.78, 5) is 22.3. The molecule has 2 amide bonds. The number of benzene rings is 1. The van der Waals surface area contributed by atoms with Gasteiger partial charge in [0.1, 0.15) is 0 Å². The average Bonchev–Trinajstić information content (AvgIpc) is 2.26. The van der Waals surface area contributed by atoms with Crippen molar-refractivity contribution in [3.8, 4) is 0 Å². The number of hydrogen-bond acceptors (Lipinski definition) is 3. The van der Waals surface area contributed by atoms with E-state index in [-0.39, 0.29) is 6.42 Å². The molecule has 0 fully saturated rings. The number of halogens is 1. The van der Waals surface area contributed by atoms with Gasteiger partial charge in [0.05, 0.1) is 5.92 Å². The van der Waals surface area contributed by atoms with Crippen molar-refractivity contribution in [2.45, 2.75) is 12.3 Å². The van der Waals surface area contributed by atoms with Gasteiger partial charge in [-0.2, -0.15) is 0 Å². The molecular formula is C10H11BrN2O3. The topological polar surface area (TPSA) is 92.4 Å². The second-order valence-electron chi connectivity index (χ2n) is 3.22. The van der Waals surface area contributed by atoms with Crippen LogP contribution < -0.4 is 11.2 Å². The van der Waals surface area contributed by atoms with Crippen LogP contribution in [0.15, 0.2) is 28.7 Å². The lowest BCUT2D eigenvalue weighted by Gasteiger charge is -2.13.